The minimum absolute atomic E-state index is 0.0525. The van der Waals surface area contributed by atoms with Gasteiger partial charge in [0.05, 0.1) is 6.10 Å². The lowest BCUT2D eigenvalue weighted by Gasteiger charge is -2.47. The molecule has 1 saturated carbocycles. The molecule has 0 unspecified atom stereocenters. The van der Waals surface area contributed by atoms with E-state index in [1.165, 1.54) is 18.4 Å². The first-order valence-corrected chi connectivity index (χ1v) is 6.46. The summed E-state index contributed by atoms with van der Waals surface area (Å²) in [5.74, 6) is 0.686. The maximum Gasteiger partial charge on any atom is 0.0543 e. The van der Waals surface area contributed by atoms with E-state index in [-0.39, 0.29) is 6.10 Å². The SMILES string of the molecule is C[C@]12CC[C@H](O)C[C@@H]1CCc1ccccc12. The van der Waals surface area contributed by atoms with Crippen LogP contribution in [0.15, 0.2) is 24.3 Å². The molecule has 16 heavy (non-hydrogen) atoms. The van der Waals surface area contributed by atoms with Gasteiger partial charge >= 0.3 is 0 Å². The Hall–Kier alpha value is -0.820. The highest BCUT2D eigenvalue weighted by atomic mass is 16.3. The molecule has 86 valence electrons. The third kappa shape index (κ3) is 1.41. The lowest BCUT2D eigenvalue weighted by Crippen LogP contribution is -2.43. The third-order valence-electron chi connectivity index (χ3n) is 4.85. The van der Waals surface area contributed by atoms with Gasteiger partial charge < -0.3 is 5.11 Å². The first-order chi connectivity index (χ1) is 7.70. The highest BCUT2D eigenvalue weighted by molar-refractivity contribution is 5.37. The van der Waals surface area contributed by atoms with Crippen LogP contribution in [0.2, 0.25) is 0 Å². The van der Waals surface area contributed by atoms with Gasteiger partial charge in [0, 0.05) is 0 Å². The van der Waals surface area contributed by atoms with Crippen molar-refractivity contribution in [1.82, 2.24) is 0 Å². The van der Waals surface area contributed by atoms with E-state index < -0.39 is 0 Å². The Bertz CT molecular complexity index is 398. The summed E-state index contributed by atoms with van der Waals surface area (Å²) in [6.07, 6.45) is 5.53. The number of aliphatic hydroxyl groups is 1. The second-order valence-electron chi connectivity index (χ2n) is 5.74. The Kier molecular flexibility index (Phi) is 2.32. The van der Waals surface area contributed by atoms with Gasteiger partial charge in [0.1, 0.15) is 0 Å². The summed E-state index contributed by atoms with van der Waals surface area (Å²) < 4.78 is 0. The van der Waals surface area contributed by atoms with E-state index >= 15 is 0 Å². The Morgan fingerprint density at radius 3 is 2.94 bits per heavy atom. The quantitative estimate of drug-likeness (QED) is 0.706. The lowest BCUT2D eigenvalue weighted by atomic mass is 9.58. The summed E-state index contributed by atoms with van der Waals surface area (Å²) in [4.78, 5) is 0. The van der Waals surface area contributed by atoms with Crippen molar-refractivity contribution in [2.75, 3.05) is 0 Å². The maximum absolute atomic E-state index is 9.81. The van der Waals surface area contributed by atoms with Crippen LogP contribution in [0.1, 0.15) is 43.7 Å². The number of fused-ring (bicyclic) bond motifs is 3. The fourth-order valence-electron chi connectivity index (χ4n) is 3.79. The van der Waals surface area contributed by atoms with E-state index in [0.717, 1.165) is 19.3 Å². The molecule has 2 aliphatic carbocycles. The molecule has 3 rings (SSSR count). The molecular formula is C15H20O. The van der Waals surface area contributed by atoms with Crippen LogP contribution in [0.25, 0.3) is 0 Å². The van der Waals surface area contributed by atoms with E-state index in [0.29, 0.717) is 11.3 Å². The van der Waals surface area contributed by atoms with Crippen LogP contribution in [-0.4, -0.2) is 11.2 Å². The molecule has 1 aromatic rings. The Balaban J connectivity index is 2.03. The van der Waals surface area contributed by atoms with Crippen LogP contribution in [0.4, 0.5) is 0 Å². The molecule has 0 saturated heterocycles. The lowest BCUT2D eigenvalue weighted by molar-refractivity contribution is 0.0484. The van der Waals surface area contributed by atoms with E-state index in [1.807, 2.05) is 0 Å². The fourth-order valence-corrected chi connectivity index (χ4v) is 3.79. The molecule has 0 spiro atoms. The van der Waals surface area contributed by atoms with E-state index in [1.54, 1.807) is 5.56 Å². The van der Waals surface area contributed by atoms with Crippen molar-refractivity contribution in [2.45, 2.75) is 50.5 Å². The van der Waals surface area contributed by atoms with Crippen LogP contribution in [0.3, 0.4) is 0 Å². The van der Waals surface area contributed by atoms with Crippen molar-refractivity contribution in [3.8, 4) is 0 Å². The van der Waals surface area contributed by atoms with E-state index in [2.05, 4.69) is 31.2 Å². The summed E-state index contributed by atoms with van der Waals surface area (Å²) in [5.41, 5.74) is 3.42. The molecular weight excluding hydrogens is 196 g/mol. The zero-order valence-electron chi connectivity index (χ0n) is 9.95. The normalized spacial score (nSPS) is 37.6. The largest absolute Gasteiger partial charge is 0.393 e. The Labute approximate surface area is 97.5 Å². The molecule has 1 nitrogen and oxygen atoms in total. The number of aryl methyl sites for hydroxylation is 1. The van der Waals surface area contributed by atoms with Gasteiger partial charge in [-0.1, -0.05) is 31.2 Å². The van der Waals surface area contributed by atoms with Gasteiger partial charge in [-0.2, -0.15) is 0 Å². The molecule has 3 atom stereocenters. The summed E-state index contributed by atoms with van der Waals surface area (Å²) in [5, 5.41) is 9.81. The molecule has 1 heteroatoms. The molecule has 1 fully saturated rings. The maximum atomic E-state index is 9.81. The molecule has 0 aliphatic heterocycles. The van der Waals surface area contributed by atoms with Gasteiger partial charge in [-0.3, -0.25) is 0 Å². The van der Waals surface area contributed by atoms with Crippen molar-refractivity contribution in [1.29, 1.82) is 0 Å². The van der Waals surface area contributed by atoms with E-state index in [4.69, 9.17) is 0 Å². The number of hydrogen-bond acceptors (Lipinski definition) is 1. The van der Waals surface area contributed by atoms with Crippen LogP contribution in [0, 0.1) is 5.92 Å². The summed E-state index contributed by atoms with van der Waals surface area (Å²) in [7, 11) is 0. The van der Waals surface area contributed by atoms with Crippen LogP contribution < -0.4 is 0 Å². The zero-order valence-corrected chi connectivity index (χ0v) is 9.95. The van der Waals surface area contributed by atoms with Gasteiger partial charge in [-0.25, -0.2) is 0 Å². The molecule has 1 aromatic carbocycles. The van der Waals surface area contributed by atoms with Gasteiger partial charge in [0.25, 0.3) is 0 Å². The topological polar surface area (TPSA) is 20.2 Å². The first-order valence-electron chi connectivity index (χ1n) is 6.46. The number of hydrogen-bond donors (Lipinski definition) is 1. The second kappa shape index (κ2) is 3.59. The van der Waals surface area contributed by atoms with Crippen molar-refractivity contribution < 1.29 is 5.11 Å². The molecule has 0 aromatic heterocycles. The average molecular weight is 216 g/mol. The molecule has 1 N–H and O–H groups in total. The summed E-state index contributed by atoms with van der Waals surface area (Å²) in [6.45, 7) is 2.40. The smallest absolute Gasteiger partial charge is 0.0543 e. The molecule has 2 aliphatic rings. The van der Waals surface area contributed by atoms with Gasteiger partial charge in [0.15, 0.2) is 0 Å². The summed E-state index contributed by atoms with van der Waals surface area (Å²) >= 11 is 0. The number of rotatable bonds is 0. The van der Waals surface area contributed by atoms with Crippen molar-refractivity contribution in [2.24, 2.45) is 5.92 Å². The van der Waals surface area contributed by atoms with Crippen LogP contribution >= 0.6 is 0 Å². The average Bonchev–Trinajstić information content (AvgIpc) is 2.31. The standard InChI is InChI=1S/C15H20O/c1-15-9-8-13(16)10-12(15)7-6-11-4-2-3-5-14(11)15/h2-5,12-13,16H,6-10H2,1H3/t12-,13-,15-/m0/s1. The third-order valence-corrected chi connectivity index (χ3v) is 4.85. The minimum atomic E-state index is -0.0525. The van der Waals surface area contributed by atoms with Crippen LogP contribution in [0.5, 0.6) is 0 Å². The molecule has 0 heterocycles. The van der Waals surface area contributed by atoms with E-state index in [9.17, 15) is 5.11 Å². The molecule has 0 amide bonds. The monoisotopic (exact) mass is 216 g/mol. The Morgan fingerprint density at radius 2 is 2.06 bits per heavy atom. The Morgan fingerprint density at radius 1 is 1.25 bits per heavy atom. The summed E-state index contributed by atoms with van der Waals surface area (Å²) in [6, 6.07) is 8.90. The minimum Gasteiger partial charge on any atom is -0.393 e. The van der Waals surface area contributed by atoms with Crippen molar-refractivity contribution in [3.05, 3.63) is 35.4 Å². The highest BCUT2D eigenvalue weighted by Gasteiger charge is 2.43. The predicted molar refractivity (Wildman–Crippen MR) is 65.5 cm³/mol. The van der Waals surface area contributed by atoms with Crippen molar-refractivity contribution in [3.63, 3.8) is 0 Å². The number of aliphatic hydroxyl groups excluding tert-OH is 1. The van der Waals surface area contributed by atoms with Gasteiger partial charge in [-0.15, -0.1) is 0 Å². The fraction of sp³-hybridized carbons (Fsp3) is 0.600. The van der Waals surface area contributed by atoms with Gasteiger partial charge in [0.2, 0.25) is 0 Å². The molecule has 0 bridgehead atoms. The number of benzene rings is 1. The zero-order chi connectivity index (χ0) is 11.2. The second-order valence-corrected chi connectivity index (χ2v) is 5.74. The molecule has 0 radical (unpaired) electrons. The highest BCUT2D eigenvalue weighted by Crippen LogP contribution is 2.49. The van der Waals surface area contributed by atoms with Gasteiger partial charge in [-0.05, 0) is 54.6 Å². The predicted octanol–water partition coefficient (Wildman–Crippen LogP) is 3.05. The van der Waals surface area contributed by atoms with Crippen LogP contribution in [-0.2, 0) is 11.8 Å². The van der Waals surface area contributed by atoms with Crippen molar-refractivity contribution >= 4 is 0 Å². The first kappa shape index (κ1) is 10.3.